The maximum absolute atomic E-state index is 14.8. The Bertz CT molecular complexity index is 3590. The van der Waals surface area contributed by atoms with Gasteiger partial charge in [-0.15, -0.1) is 0 Å². The van der Waals surface area contributed by atoms with Crippen molar-refractivity contribution < 1.29 is 87.3 Å². The molecule has 4 N–H and O–H groups in total. The van der Waals surface area contributed by atoms with E-state index in [0.717, 1.165) is 94.8 Å². The van der Waals surface area contributed by atoms with Gasteiger partial charge in [-0.1, -0.05) is 196 Å². The number of benzene rings is 2. The van der Waals surface area contributed by atoms with Gasteiger partial charge in [0.2, 0.25) is 10.0 Å². The first kappa shape index (κ1) is 84.0. The van der Waals surface area contributed by atoms with E-state index in [0.29, 0.717) is 79.7 Å². The summed E-state index contributed by atoms with van der Waals surface area (Å²) in [5.41, 5.74) is 8.36. The molecule has 0 unspecified atom stereocenters. The second-order valence-electron chi connectivity index (χ2n) is 39.5. The molecule has 8 fully saturated rings. The molecule has 14 nitrogen and oxygen atoms in total. The predicted octanol–water partition coefficient (Wildman–Crippen LogP) is 14.8. The van der Waals surface area contributed by atoms with Crippen LogP contribution >= 0.6 is 0 Å². The molecule has 0 amide bonds. The Morgan fingerprint density at radius 2 is 1.06 bits per heavy atom. The minimum atomic E-state index is -3.80. The molecule has 2 aromatic carbocycles. The van der Waals surface area contributed by atoms with Crippen LogP contribution in [0.1, 0.15) is 228 Å². The monoisotopic (exact) mass is 1470 g/mol. The van der Waals surface area contributed by atoms with Gasteiger partial charge in [-0.3, -0.25) is 9.59 Å². The minimum absolute atomic E-state index is 0. The molecule has 2 aromatic rings. The molecular formula is C88H139N2NaO12S. The number of carbonyl (C=O) groups is 2. The quantitative estimate of drug-likeness (QED) is 0.0608. The molecule has 104 heavy (non-hydrogen) atoms. The van der Waals surface area contributed by atoms with Crippen molar-refractivity contribution in [3.63, 3.8) is 0 Å². The van der Waals surface area contributed by atoms with E-state index in [9.17, 15) is 23.1 Å². The minimum Gasteiger partial charge on any atom is -1.00 e. The van der Waals surface area contributed by atoms with Crippen molar-refractivity contribution in [2.75, 3.05) is 53.9 Å². The van der Waals surface area contributed by atoms with Crippen molar-refractivity contribution in [1.82, 2.24) is 4.72 Å². The Labute approximate surface area is 652 Å². The van der Waals surface area contributed by atoms with Gasteiger partial charge in [0.05, 0.1) is 86.3 Å². The molecule has 24 atom stereocenters. The number of hydrogen-bond acceptors (Lipinski definition) is 12. The van der Waals surface area contributed by atoms with E-state index >= 15 is 0 Å². The third-order valence-electron chi connectivity index (χ3n) is 33.4. The molecule has 2 saturated heterocycles. The average Bonchev–Trinajstić information content (AvgIpc) is 0.676. The molecule has 2 aliphatic heterocycles. The summed E-state index contributed by atoms with van der Waals surface area (Å²) in [5, 5.41) is 10.9. The number of rotatable bonds is 21. The molecule has 6 saturated carbocycles. The summed E-state index contributed by atoms with van der Waals surface area (Å²) < 4.78 is 76.9. The van der Waals surface area contributed by atoms with Crippen LogP contribution < -0.4 is 40.0 Å². The van der Waals surface area contributed by atoms with Crippen molar-refractivity contribution in [2.45, 2.75) is 269 Å². The van der Waals surface area contributed by atoms with E-state index in [4.69, 9.17) is 38.9 Å². The zero-order chi connectivity index (χ0) is 75.6. The molecule has 0 aromatic heterocycles. The number of carbonyl (C=O) groups excluding carboxylic acids is 1. The number of aliphatic carboxylic acids is 1. The number of sulfonamides is 1. The molecule has 16 heteroatoms. The normalized spacial score (nSPS) is 41.7. The van der Waals surface area contributed by atoms with Gasteiger partial charge < -0.3 is 45.4 Å². The van der Waals surface area contributed by atoms with E-state index < -0.39 is 27.1 Å². The van der Waals surface area contributed by atoms with Crippen LogP contribution in [0.25, 0.3) is 0 Å². The van der Waals surface area contributed by atoms with Crippen molar-refractivity contribution >= 4 is 22.0 Å². The predicted molar refractivity (Wildman–Crippen MR) is 410 cm³/mol. The first-order chi connectivity index (χ1) is 48.0. The number of fused-ring (bicyclic) bond motifs is 6. The summed E-state index contributed by atoms with van der Waals surface area (Å²) in [4.78, 5) is 28.4. The third kappa shape index (κ3) is 13.4. The maximum Gasteiger partial charge on any atom is 1.00 e. The number of esters is 1. The van der Waals surface area contributed by atoms with E-state index in [2.05, 4.69) is 135 Å². The molecule has 8 aliphatic carbocycles. The van der Waals surface area contributed by atoms with Crippen LogP contribution in [0, 0.1) is 132 Å². The van der Waals surface area contributed by atoms with Crippen LogP contribution in [0.15, 0.2) is 82.8 Å². The first-order valence-corrected chi connectivity index (χ1v) is 41.6. The van der Waals surface area contributed by atoms with Gasteiger partial charge in [-0.05, 0) is 207 Å². The molecular weight excluding hydrogens is 1330 g/mol. The molecule has 0 radical (unpaired) electrons. The van der Waals surface area contributed by atoms with Crippen molar-refractivity contribution in [3.8, 4) is 0 Å². The van der Waals surface area contributed by atoms with Gasteiger partial charge in [0.15, 0.2) is 0 Å². The molecule has 4 bridgehead atoms. The van der Waals surface area contributed by atoms with Gasteiger partial charge >= 0.3 is 41.5 Å². The number of hydrogen-bond donors (Lipinski definition) is 3. The number of nitrogens with two attached hydrogens (primary N) is 1. The molecule has 580 valence electrons. The second-order valence-corrected chi connectivity index (χ2v) is 41.2. The van der Waals surface area contributed by atoms with Gasteiger partial charge in [0, 0.05) is 41.4 Å². The fourth-order valence-electron chi connectivity index (χ4n) is 25.0. The van der Waals surface area contributed by atoms with Crippen LogP contribution in [0.4, 0.5) is 0 Å². The summed E-state index contributed by atoms with van der Waals surface area (Å²) in [6.45, 7) is 50.9. The number of aryl methyl sites for hydroxylation is 1. The van der Waals surface area contributed by atoms with Crippen LogP contribution in [-0.2, 0) is 59.4 Å². The number of methoxy groups -OCH3 is 2. The van der Waals surface area contributed by atoms with Crippen LogP contribution in [0.3, 0.4) is 0 Å². The van der Waals surface area contributed by atoms with E-state index in [1.54, 1.807) is 24.8 Å². The van der Waals surface area contributed by atoms with Crippen LogP contribution in [0.2, 0.25) is 0 Å². The van der Waals surface area contributed by atoms with Gasteiger partial charge in [-0.2, -0.15) is 0 Å². The Morgan fingerprint density at radius 3 is 1.48 bits per heavy atom. The molecule has 12 rings (SSSR count). The fourth-order valence-corrected chi connectivity index (χ4v) is 26.6. The fraction of sp³-hybridized carbons (Fsp3) is 0.795. The third-order valence-corrected chi connectivity index (χ3v) is 35.0. The summed E-state index contributed by atoms with van der Waals surface area (Å²) in [6, 6.07) is 17.1. The maximum atomic E-state index is 14.8. The Morgan fingerprint density at radius 1 is 0.615 bits per heavy atom. The molecule has 2 heterocycles. The zero-order valence-corrected chi connectivity index (χ0v) is 71.8. The van der Waals surface area contributed by atoms with Gasteiger partial charge in [0.1, 0.15) is 6.61 Å². The number of allylic oxidation sites excluding steroid dienone is 2. The summed E-state index contributed by atoms with van der Waals surface area (Å²) in [6.07, 6.45) is 16.1. The topological polar surface area (TPSA) is 191 Å². The van der Waals surface area contributed by atoms with Crippen LogP contribution in [-0.4, -0.2) is 115 Å². The molecule has 10 aliphatic rings. The van der Waals surface area contributed by atoms with E-state index in [-0.39, 0.29) is 151 Å². The summed E-state index contributed by atoms with van der Waals surface area (Å²) in [5.74, 6) is 1.95. The van der Waals surface area contributed by atoms with Crippen LogP contribution in [0.5, 0.6) is 0 Å². The Balaban J connectivity index is 0.000000251. The Kier molecular flexibility index (Phi) is 24.1. The van der Waals surface area contributed by atoms with E-state index in [1.807, 2.05) is 77.3 Å². The van der Waals surface area contributed by atoms with Crippen molar-refractivity contribution in [2.24, 2.45) is 131 Å². The SMILES string of the molecule is CO[C@@H]1C[C@@]23COC[C@](C)([C@@H]2CC[C@H]2C3=CC[C@@]3(C)[C@H](C(=O)O)[C@@](C)([C@H](C)C(C)C)CC[C@]23C)[C@H]1OC[C@](C)(N)C(C)C.CO[C@@H]1C[C@@]23COC[C@](C)([C@@H]2CC[C@H]2C3=CC[C@@]3(C)[C@H](C(=O)OCc4ccccc4)[C@@](C)([C@H](C)C(C)C)CC[C@]23C)[C@H]1OC[C@@](C)(NS(=O)(=O)c1ccc(C)cc1)C(C)C.[H-].[Na+]. The number of ether oxygens (including phenoxy) is 7. The number of carboxylic acid groups (broad SMARTS) is 1. The number of carboxylic acids is 1. The standard InChI is InChI=1S/C51H75NO7S.C37H63NO5.Na.H/c1-33(2)36(6)46(7)26-27-48(9)39-22-23-42-47(8)30-57-32-51(42,40(39)24-25-49(48,10)43(46)45(53)58-29-37-16-14-13-15-17-37)28-41(56-12)44(47)59-31-50(11,34(3)4)52-60(54,55)38-20-18-35(5)19-21-38;1-22(2)24(5)32(6)16-17-34(8)25-12-13-28-33(7)19-42-21-37(28,26(25)14-15-35(34,9)29(32)31(39)40)18-27(41-11)30(33)43-20-36(10,38)23(3)4;;/h13-21,24,33-34,36,39,41-44,52H,22-23,25-32H2,1-12H3;14,22-25,27-30H,12-13,15-21,38H2,1-11H3,(H,39,40);;/q;;+1;-1/t36-,39+,41-,42+,43-,44+,46-,47-,48-,49+,50-,51+;24-,25+,27-,28+,29-,30+,32-,33-,34-,35+,36+,37+;;/m11../s1. The van der Waals surface area contributed by atoms with Crippen molar-refractivity contribution in [3.05, 3.63) is 89.0 Å². The molecule has 0 spiro atoms. The number of nitrogens with one attached hydrogen (secondary N) is 1. The smallest absolute Gasteiger partial charge is 1.00 e. The first-order valence-electron chi connectivity index (χ1n) is 40.2. The van der Waals surface area contributed by atoms with Gasteiger partial charge in [-0.25, -0.2) is 13.1 Å². The van der Waals surface area contributed by atoms with E-state index in [1.165, 1.54) is 5.57 Å². The average molecular weight is 1470 g/mol. The summed E-state index contributed by atoms with van der Waals surface area (Å²) >= 11 is 0. The second kappa shape index (κ2) is 29.9. The zero-order valence-electron chi connectivity index (χ0n) is 69.9. The summed E-state index contributed by atoms with van der Waals surface area (Å²) in [7, 11) is -0.161. The van der Waals surface area contributed by atoms with Crippen molar-refractivity contribution in [1.29, 1.82) is 0 Å². The Hall–Kier alpha value is -2.51. The largest absolute Gasteiger partial charge is 1.00 e. The van der Waals surface area contributed by atoms with Gasteiger partial charge in [0.25, 0.3) is 0 Å².